The van der Waals surface area contributed by atoms with E-state index in [1.165, 1.54) is 12.1 Å². The molecule has 0 fully saturated rings. The summed E-state index contributed by atoms with van der Waals surface area (Å²) in [4.78, 5) is 50.7. The molecule has 2 aliphatic rings. The van der Waals surface area contributed by atoms with Crippen molar-refractivity contribution < 1.29 is 19.4 Å². The van der Waals surface area contributed by atoms with Crippen LogP contribution in [0.1, 0.15) is 31.8 Å². The van der Waals surface area contributed by atoms with E-state index in [1.807, 2.05) is 12.1 Å². The Bertz CT molecular complexity index is 2300. The molecule has 0 aliphatic heterocycles. The van der Waals surface area contributed by atoms with E-state index >= 15 is 0 Å². The first-order valence-corrected chi connectivity index (χ1v) is 13.1. The molecule has 6 aromatic rings. The van der Waals surface area contributed by atoms with Crippen LogP contribution in [0.3, 0.4) is 0 Å². The summed E-state index contributed by atoms with van der Waals surface area (Å²) >= 11 is 0. The number of carbonyl (C=O) groups excluding carboxylic acids is 2. The highest BCUT2D eigenvalue weighted by atomic mass is 16.6. The highest BCUT2D eigenvalue weighted by molar-refractivity contribution is 6.29. The molecule has 6 aromatic carbocycles. The van der Waals surface area contributed by atoms with Crippen LogP contribution in [0.25, 0.3) is 54.9 Å². The smallest absolute Gasteiger partial charge is 0.285 e. The second kappa shape index (κ2) is 8.25. The van der Waals surface area contributed by atoms with Crippen molar-refractivity contribution in [2.45, 2.75) is 0 Å². The lowest BCUT2D eigenvalue weighted by Gasteiger charge is -2.23. The topological polar surface area (TPSA) is 120 Å². The Kier molecular flexibility index (Phi) is 4.68. The molecule has 2 aliphatic carbocycles. The summed E-state index contributed by atoms with van der Waals surface area (Å²) in [6.45, 7) is 0. The van der Waals surface area contributed by atoms with Gasteiger partial charge in [-0.25, -0.2) is 0 Å². The van der Waals surface area contributed by atoms with Crippen LogP contribution in [0.2, 0.25) is 0 Å². The van der Waals surface area contributed by atoms with Gasteiger partial charge in [0.05, 0.1) is 26.4 Å². The van der Waals surface area contributed by atoms with E-state index in [0.717, 1.165) is 0 Å². The van der Waals surface area contributed by atoms with Gasteiger partial charge < -0.3 is 0 Å². The predicted molar refractivity (Wildman–Crippen MR) is 158 cm³/mol. The van der Waals surface area contributed by atoms with Gasteiger partial charge in [0, 0.05) is 39.1 Å². The lowest BCUT2D eigenvalue weighted by molar-refractivity contribution is -0.384. The molecule has 0 saturated heterocycles. The van der Waals surface area contributed by atoms with Crippen LogP contribution in [-0.2, 0) is 0 Å². The van der Waals surface area contributed by atoms with Crippen LogP contribution < -0.4 is 0 Å². The molecule has 8 nitrogen and oxygen atoms in total. The average Bonchev–Trinajstić information content (AvgIpc) is 3.00. The Morgan fingerprint density at radius 2 is 1.14 bits per heavy atom. The number of ketones is 2. The summed E-state index contributed by atoms with van der Waals surface area (Å²) < 4.78 is 0. The Balaban J connectivity index is 1.53. The molecular formula is C34H16N2O6. The Morgan fingerprint density at radius 3 is 1.90 bits per heavy atom. The molecule has 0 bridgehead atoms. The van der Waals surface area contributed by atoms with Gasteiger partial charge >= 0.3 is 0 Å². The molecule has 0 radical (unpaired) electrons. The fraction of sp³-hybridized carbons (Fsp3) is 0. The van der Waals surface area contributed by atoms with Crippen molar-refractivity contribution >= 4 is 44.5 Å². The van der Waals surface area contributed by atoms with E-state index in [9.17, 15) is 29.8 Å². The summed E-state index contributed by atoms with van der Waals surface area (Å²) in [7, 11) is 0. The maximum atomic E-state index is 13.4. The maximum absolute atomic E-state index is 13.4. The summed E-state index contributed by atoms with van der Waals surface area (Å²) in [6, 6.07) is 27.0. The minimum Gasteiger partial charge on any atom is -0.289 e. The Morgan fingerprint density at radius 1 is 0.500 bits per heavy atom. The fourth-order valence-electron chi connectivity index (χ4n) is 6.63. The van der Waals surface area contributed by atoms with Crippen molar-refractivity contribution in [1.29, 1.82) is 0 Å². The van der Waals surface area contributed by atoms with Gasteiger partial charge in [-0.2, -0.15) is 0 Å². The standard InChI is InChI=1S/C34H16N2O6/c37-33-20-8-2-1-7-19(20)26-16-25(32(36(41)42)21-9-4-11-23(33)30(21)26)18-14-17-6-3-10-22-29(17)27(15-18)31-24(34(22)38)12-5-13-28(31)35(39)40/h1-16H. The zero-order valence-electron chi connectivity index (χ0n) is 21.6. The van der Waals surface area contributed by atoms with Crippen molar-refractivity contribution in [1.82, 2.24) is 0 Å². The number of carbonyl (C=O) groups is 2. The van der Waals surface area contributed by atoms with Gasteiger partial charge in [0.1, 0.15) is 0 Å². The van der Waals surface area contributed by atoms with E-state index in [4.69, 9.17) is 0 Å². The summed E-state index contributed by atoms with van der Waals surface area (Å²) in [5, 5.41) is 26.9. The van der Waals surface area contributed by atoms with Crippen molar-refractivity contribution in [3.63, 3.8) is 0 Å². The molecule has 198 valence electrons. The van der Waals surface area contributed by atoms with E-state index in [-0.39, 0.29) is 34.1 Å². The molecule has 0 unspecified atom stereocenters. The van der Waals surface area contributed by atoms with Crippen LogP contribution in [0.4, 0.5) is 11.4 Å². The minimum atomic E-state index is -0.517. The van der Waals surface area contributed by atoms with Gasteiger partial charge in [-0.15, -0.1) is 0 Å². The third kappa shape index (κ3) is 3.00. The van der Waals surface area contributed by atoms with Crippen LogP contribution in [0, 0.1) is 20.2 Å². The number of nitrogens with zero attached hydrogens (tertiary/aromatic N) is 2. The van der Waals surface area contributed by atoms with E-state index < -0.39 is 9.85 Å². The summed E-state index contributed by atoms with van der Waals surface area (Å²) in [5.74, 6) is -0.503. The fourth-order valence-corrected chi connectivity index (χ4v) is 6.63. The highest BCUT2D eigenvalue weighted by Gasteiger charge is 2.34. The molecule has 0 saturated carbocycles. The largest absolute Gasteiger partial charge is 0.289 e. The molecule has 0 heterocycles. The minimum absolute atomic E-state index is 0.167. The van der Waals surface area contributed by atoms with Crippen LogP contribution in [-0.4, -0.2) is 21.4 Å². The van der Waals surface area contributed by atoms with Gasteiger partial charge in [0.2, 0.25) is 0 Å². The normalized spacial score (nSPS) is 12.8. The van der Waals surface area contributed by atoms with Crippen molar-refractivity contribution in [2.75, 3.05) is 0 Å². The predicted octanol–water partition coefficient (Wildman–Crippen LogP) is 7.90. The van der Waals surface area contributed by atoms with Crippen LogP contribution in [0.15, 0.2) is 97.1 Å². The van der Waals surface area contributed by atoms with E-state index in [1.54, 1.807) is 72.8 Å². The lowest BCUT2D eigenvalue weighted by atomic mass is 9.78. The number of nitro benzene ring substituents is 2. The molecule has 8 heteroatoms. The molecule has 0 N–H and O–H groups in total. The Labute approximate surface area is 236 Å². The van der Waals surface area contributed by atoms with Gasteiger partial charge in [-0.1, -0.05) is 60.7 Å². The quantitative estimate of drug-likeness (QED) is 0.163. The number of nitro groups is 2. The number of rotatable bonds is 3. The molecule has 0 amide bonds. The maximum Gasteiger partial charge on any atom is 0.285 e. The van der Waals surface area contributed by atoms with Crippen LogP contribution in [0.5, 0.6) is 0 Å². The molecule has 42 heavy (non-hydrogen) atoms. The average molecular weight is 549 g/mol. The first-order valence-electron chi connectivity index (χ1n) is 13.1. The highest BCUT2D eigenvalue weighted by Crippen LogP contribution is 2.50. The first kappa shape index (κ1) is 23.8. The van der Waals surface area contributed by atoms with Gasteiger partial charge in [0.15, 0.2) is 11.6 Å². The molecule has 0 spiro atoms. The SMILES string of the molecule is O=C1c2cccc([N+](=O)[O-])c2-c2cc(-c3cc4c5c(cccc5c3[N+](=O)[O-])C(=O)c3ccccc3-4)cc3cccc1c23. The monoisotopic (exact) mass is 548 g/mol. The third-order valence-electron chi connectivity index (χ3n) is 8.31. The number of hydrogen-bond acceptors (Lipinski definition) is 6. The molecular weight excluding hydrogens is 532 g/mol. The summed E-state index contributed by atoms with van der Waals surface area (Å²) in [6.07, 6.45) is 0. The number of fused-ring (bicyclic) bond motifs is 4. The van der Waals surface area contributed by atoms with Crippen molar-refractivity contribution in [2.24, 2.45) is 0 Å². The van der Waals surface area contributed by atoms with Crippen LogP contribution >= 0.6 is 0 Å². The number of hydrogen-bond donors (Lipinski definition) is 0. The van der Waals surface area contributed by atoms with Gasteiger partial charge in [0.25, 0.3) is 11.4 Å². The van der Waals surface area contributed by atoms with E-state index in [2.05, 4.69) is 0 Å². The molecule has 8 rings (SSSR count). The van der Waals surface area contributed by atoms with E-state index in [0.29, 0.717) is 66.1 Å². The summed E-state index contributed by atoms with van der Waals surface area (Å²) in [5.41, 5.74) is 3.98. The van der Waals surface area contributed by atoms with Gasteiger partial charge in [-0.05, 0) is 58.0 Å². The molecule has 0 aromatic heterocycles. The zero-order valence-corrected chi connectivity index (χ0v) is 21.6. The first-order chi connectivity index (χ1) is 20.3. The second-order valence-corrected chi connectivity index (χ2v) is 10.4. The third-order valence-corrected chi connectivity index (χ3v) is 8.31. The lowest BCUT2D eigenvalue weighted by Crippen LogP contribution is -2.12. The zero-order chi connectivity index (χ0) is 28.9. The van der Waals surface area contributed by atoms with Crippen molar-refractivity contribution in [3.8, 4) is 33.4 Å². The molecule has 0 atom stereocenters. The number of benzene rings is 6. The van der Waals surface area contributed by atoms with Gasteiger partial charge in [-0.3, -0.25) is 29.8 Å². The second-order valence-electron chi connectivity index (χ2n) is 10.4. The van der Waals surface area contributed by atoms with Crippen molar-refractivity contribution in [3.05, 3.63) is 140 Å². The Hall–Kier alpha value is -6.02.